The summed E-state index contributed by atoms with van der Waals surface area (Å²) in [5.41, 5.74) is 0. The van der Waals surface area contributed by atoms with Crippen molar-refractivity contribution in [1.29, 1.82) is 0 Å². The minimum absolute atomic E-state index is 0.756. The van der Waals surface area contributed by atoms with Gasteiger partial charge in [0.15, 0.2) is 0 Å². The van der Waals surface area contributed by atoms with Gasteiger partial charge in [-0.15, -0.1) is 0 Å². The van der Waals surface area contributed by atoms with E-state index in [9.17, 15) is 0 Å². The molecule has 0 radical (unpaired) electrons. The largest absolute Gasteiger partial charge is 0.314 e. The van der Waals surface area contributed by atoms with Gasteiger partial charge in [0.2, 0.25) is 0 Å². The lowest BCUT2D eigenvalue weighted by molar-refractivity contribution is 0.124. The molecular weight excluding hydrogens is 258 g/mol. The molecule has 1 saturated heterocycles. The van der Waals surface area contributed by atoms with Gasteiger partial charge in [-0.25, -0.2) is 0 Å². The second-order valence-corrected chi connectivity index (χ2v) is 7.70. The van der Waals surface area contributed by atoms with E-state index < -0.39 is 0 Å². The van der Waals surface area contributed by atoms with Crippen LogP contribution in [0.25, 0.3) is 0 Å². The Morgan fingerprint density at radius 1 is 1.10 bits per heavy atom. The third kappa shape index (κ3) is 5.22. The summed E-state index contributed by atoms with van der Waals surface area (Å²) in [7, 11) is 2.26. The van der Waals surface area contributed by atoms with Crippen LogP contribution in [0.2, 0.25) is 0 Å². The highest BCUT2D eigenvalue weighted by Gasteiger charge is 2.32. The quantitative estimate of drug-likeness (QED) is 0.841. The maximum Gasteiger partial charge on any atom is 0.0109 e. The predicted octanol–water partition coefficient (Wildman–Crippen LogP) is 2.67. The Labute approximate surface area is 132 Å². The average molecular weight is 296 g/mol. The molecule has 3 atom stereocenters. The Morgan fingerprint density at radius 3 is 2.62 bits per heavy atom. The monoisotopic (exact) mass is 295 g/mol. The maximum atomic E-state index is 3.77. The number of nitrogens with one attached hydrogen (secondary N) is 1. The number of likely N-dealkylation sites (N-methyl/N-ethyl adjacent to an activating group) is 1. The summed E-state index contributed by atoms with van der Waals surface area (Å²) in [4.78, 5) is 5.22. The summed E-state index contributed by atoms with van der Waals surface area (Å²) in [6, 6.07) is 0.756. The summed E-state index contributed by atoms with van der Waals surface area (Å²) in [5.74, 6) is 2.65. The van der Waals surface area contributed by atoms with Crippen LogP contribution in [0.5, 0.6) is 0 Å². The number of hydrogen-bond acceptors (Lipinski definition) is 3. The molecule has 1 aliphatic heterocycles. The van der Waals surface area contributed by atoms with Crippen molar-refractivity contribution in [3.63, 3.8) is 0 Å². The van der Waals surface area contributed by atoms with Crippen LogP contribution in [-0.2, 0) is 0 Å². The first-order valence-corrected chi connectivity index (χ1v) is 9.24. The topological polar surface area (TPSA) is 18.5 Å². The van der Waals surface area contributed by atoms with Crippen LogP contribution < -0.4 is 5.32 Å². The summed E-state index contributed by atoms with van der Waals surface area (Å²) in [6.45, 7) is 14.6. The Balaban J connectivity index is 1.91. The third-order valence-electron chi connectivity index (χ3n) is 5.74. The fourth-order valence-electron chi connectivity index (χ4n) is 4.25. The molecule has 0 bridgehead atoms. The van der Waals surface area contributed by atoms with Crippen molar-refractivity contribution in [2.24, 2.45) is 17.8 Å². The first-order chi connectivity index (χ1) is 10.1. The summed E-state index contributed by atoms with van der Waals surface area (Å²) in [5, 5.41) is 3.77. The smallest absolute Gasteiger partial charge is 0.0109 e. The summed E-state index contributed by atoms with van der Waals surface area (Å²) >= 11 is 0. The Morgan fingerprint density at radius 2 is 1.90 bits per heavy atom. The van der Waals surface area contributed by atoms with Gasteiger partial charge in [0.05, 0.1) is 0 Å². The molecule has 1 heterocycles. The molecule has 2 aliphatic rings. The number of nitrogens with zero attached hydrogens (tertiary/aromatic N) is 2. The van der Waals surface area contributed by atoms with Gasteiger partial charge in [-0.2, -0.15) is 0 Å². The van der Waals surface area contributed by atoms with Crippen LogP contribution in [0.1, 0.15) is 46.5 Å². The number of rotatable bonds is 5. The Hall–Kier alpha value is -0.120. The van der Waals surface area contributed by atoms with Gasteiger partial charge < -0.3 is 15.1 Å². The Bertz CT molecular complexity index is 292. The van der Waals surface area contributed by atoms with Crippen LogP contribution in [0, 0.1) is 17.8 Å². The molecule has 3 nitrogen and oxygen atoms in total. The fourth-order valence-corrected chi connectivity index (χ4v) is 4.25. The van der Waals surface area contributed by atoms with Crippen molar-refractivity contribution in [3.8, 4) is 0 Å². The van der Waals surface area contributed by atoms with Crippen LogP contribution in [0.15, 0.2) is 0 Å². The number of hydrogen-bond donors (Lipinski definition) is 1. The minimum Gasteiger partial charge on any atom is -0.314 e. The zero-order valence-electron chi connectivity index (χ0n) is 14.8. The normalized spacial score (nSPS) is 33.3. The molecule has 0 aromatic carbocycles. The molecule has 0 aromatic heterocycles. The molecule has 2 rings (SSSR count). The van der Waals surface area contributed by atoms with Crippen molar-refractivity contribution >= 4 is 0 Å². The van der Waals surface area contributed by atoms with Crippen molar-refractivity contribution in [3.05, 3.63) is 0 Å². The lowest BCUT2D eigenvalue weighted by Crippen LogP contribution is -2.47. The highest BCUT2D eigenvalue weighted by Crippen LogP contribution is 2.34. The SMILES string of the molecule is CCNC1CCC(C(C)C)CC1CN1CCCN(C)CC1. The van der Waals surface area contributed by atoms with E-state index in [4.69, 9.17) is 0 Å². The zero-order chi connectivity index (χ0) is 15.2. The second kappa shape index (κ2) is 8.50. The second-order valence-electron chi connectivity index (χ2n) is 7.70. The molecule has 3 unspecified atom stereocenters. The molecule has 124 valence electrons. The predicted molar refractivity (Wildman–Crippen MR) is 91.7 cm³/mol. The molecule has 1 aliphatic carbocycles. The molecule has 0 amide bonds. The fraction of sp³-hybridized carbons (Fsp3) is 1.00. The average Bonchev–Trinajstić information content (AvgIpc) is 2.66. The standard InChI is InChI=1S/C18H37N3/c1-5-19-18-8-7-16(15(2)3)13-17(18)14-21-10-6-9-20(4)11-12-21/h15-19H,5-14H2,1-4H3. The first kappa shape index (κ1) is 17.2. The van der Waals surface area contributed by atoms with Crippen LogP contribution in [0.3, 0.4) is 0 Å². The van der Waals surface area contributed by atoms with Crippen LogP contribution in [-0.4, -0.2) is 62.2 Å². The molecule has 3 heteroatoms. The van der Waals surface area contributed by atoms with E-state index in [1.54, 1.807) is 0 Å². The van der Waals surface area contributed by atoms with Gasteiger partial charge in [-0.1, -0.05) is 20.8 Å². The van der Waals surface area contributed by atoms with Crippen molar-refractivity contribution in [2.75, 3.05) is 46.3 Å². The van der Waals surface area contributed by atoms with Crippen molar-refractivity contribution in [2.45, 2.75) is 52.5 Å². The van der Waals surface area contributed by atoms with Gasteiger partial charge in [-0.3, -0.25) is 0 Å². The first-order valence-electron chi connectivity index (χ1n) is 9.24. The van der Waals surface area contributed by atoms with Crippen LogP contribution >= 0.6 is 0 Å². The molecule has 1 saturated carbocycles. The van der Waals surface area contributed by atoms with Crippen LogP contribution in [0.4, 0.5) is 0 Å². The van der Waals surface area contributed by atoms with Crippen molar-refractivity contribution in [1.82, 2.24) is 15.1 Å². The van der Waals surface area contributed by atoms with E-state index in [1.165, 1.54) is 58.4 Å². The van der Waals surface area contributed by atoms with E-state index in [2.05, 4.69) is 42.9 Å². The molecule has 0 spiro atoms. The molecule has 21 heavy (non-hydrogen) atoms. The van der Waals surface area contributed by atoms with E-state index in [0.29, 0.717) is 0 Å². The van der Waals surface area contributed by atoms with E-state index in [-0.39, 0.29) is 0 Å². The van der Waals surface area contributed by atoms with E-state index in [1.807, 2.05) is 0 Å². The van der Waals surface area contributed by atoms with Gasteiger partial charge >= 0.3 is 0 Å². The summed E-state index contributed by atoms with van der Waals surface area (Å²) in [6.07, 6.45) is 5.58. The van der Waals surface area contributed by atoms with E-state index >= 15 is 0 Å². The Kier molecular flexibility index (Phi) is 6.97. The van der Waals surface area contributed by atoms with Crippen molar-refractivity contribution < 1.29 is 0 Å². The highest BCUT2D eigenvalue weighted by atomic mass is 15.2. The third-order valence-corrected chi connectivity index (χ3v) is 5.74. The minimum atomic E-state index is 0.756. The highest BCUT2D eigenvalue weighted by molar-refractivity contribution is 4.88. The lowest BCUT2D eigenvalue weighted by atomic mass is 9.73. The lowest BCUT2D eigenvalue weighted by Gasteiger charge is -2.40. The van der Waals surface area contributed by atoms with E-state index in [0.717, 1.165) is 30.3 Å². The molecule has 2 fully saturated rings. The van der Waals surface area contributed by atoms with Gasteiger partial charge in [0.25, 0.3) is 0 Å². The van der Waals surface area contributed by atoms with Gasteiger partial charge in [-0.05, 0) is 70.1 Å². The van der Waals surface area contributed by atoms with Gasteiger partial charge in [0, 0.05) is 25.7 Å². The van der Waals surface area contributed by atoms with Gasteiger partial charge in [0.1, 0.15) is 0 Å². The molecule has 0 aromatic rings. The zero-order valence-corrected chi connectivity index (χ0v) is 14.8. The maximum absolute atomic E-state index is 3.77. The molecular formula is C18H37N3. The summed E-state index contributed by atoms with van der Waals surface area (Å²) < 4.78 is 0. The molecule has 1 N–H and O–H groups in total.